The van der Waals surface area contributed by atoms with E-state index in [4.69, 9.17) is 5.73 Å². The first-order chi connectivity index (χ1) is 8.75. The van der Waals surface area contributed by atoms with Gasteiger partial charge in [0.1, 0.15) is 5.82 Å². The Hall–Kier alpha value is -1.87. The van der Waals surface area contributed by atoms with Crippen molar-refractivity contribution in [3.8, 4) is 0 Å². The molecule has 0 radical (unpaired) electrons. The summed E-state index contributed by atoms with van der Waals surface area (Å²) in [4.78, 5) is 6.79. The molecule has 92 valence electrons. The monoisotopic (exact) mass is 239 g/mol. The number of pyridine rings is 1. The number of hydrogen-bond acceptors (Lipinski definition) is 3. The van der Waals surface area contributed by atoms with Gasteiger partial charge in [-0.15, -0.1) is 0 Å². The van der Waals surface area contributed by atoms with Gasteiger partial charge in [-0.05, 0) is 36.6 Å². The highest BCUT2D eigenvalue weighted by atomic mass is 15.2. The zero-order chi connectivity index (χ0) is 12.5. The first-order valence-corrected chi connectivity index (χ1v) is 6.32. The Bertz CT molecular complexity index is 546. The third-order valence-electron chi connectivity index (χ3n) is 3.46. The SMILES string of the molecule is C[C@H](N)c1ccc(N2CCc3ccccc32)nc1. The Morgan fingerprint density at radius 2 is 2.06 bits per heavy atom. The van der Waals surface area contributed by atoms with E-state index in [1.807, 2.05) is 13.1 Å². The number of anilines is 2. The molecule has 0 saturated carbocycles. The Labute approximate surface area is 107 Å². The molecule has 1 aliphatic rings. The molecule has 0 fully saturated rings. The molecule has 3 rings (SSSR count). The van der Waals surface area contributed by atoms with E-state index in [1.165, 1.54) is 11.3 Å². The molecule has 0 amide bonds. The van der Waals surface area contributed by atoms with Crippen molar-refractivity contribution in [3.05, 3.63) is 53.7 Å². The van der Waals surface area contributed by atoms with Gasteiger partial charge in [0.2, 0.25) is 0 Å². The molecule has 18 heavy (non-hydrogen) atoms. The fourth-order valence-electron chi connectivity index (χ4n) is 2.40. The number of hydrogen-bond donors (Lipinski definition) is 1. The van der Waals surface area contributed by atoms with E-state index >= 15 is 0 Å². The fraction of sp³-hybridized carbons (Fsp3) is 0.267. The maximum atomic E-state index is 5.84. The van der Waals surface area contributed by atoms with E-state index in [0.29, 0.717) is 0 Å². The Kier molecular flexibility index (Phi) is 2.76. The van der Waals surface area contributed by atoms with Crippen molar-refractivity contribution in [1.29, 1.82) is 0 Å². The molecule has 2 N–H and O–H groups in total. The van der Waals surface area contributed by atoms with Crippen LogP contribution < -0.4 is 10.6 Å². The largest absolute Gasteiger partial charge is 0.326 e. The summed E-state index contributed by atoms with van der Waals surface area (Å²) < 4.78 is 0. The smallest absolute Gasteiger partial charge is 0.132 e. The van der Waals surface area contributed by atoms with Crippen molar-refractivity contribution in [2.75, 3.05) is 11.4 Å². The minimum Gasteiger partial charge on any atom is -0.326 e. The highest BCUT2D eigenvalue weighted by molar-refractivity contribution is 5.67. The van der Waals surface area contributed by atoms with Gasteiger partial charge in [-0.25, -0.2) is 4.98 Å². The molecule has 1 aromatic heterocycles. The van der Waals surface area contributed by atoms with Crippen molar-refractivity contribution >= 4 is 11.5 Å². The van der Waals surface area contributed by atoms with E-state index in [0.717, 1.165) is 24.3 Å². The molecule has 3 nitrogen and oxygen atoms in total. The molecule has 3 heteroatoms. The second-order valence-corrected chi connectivity index (χ2v) is 4.77. The lowest BCUT2D eigenvalue weighted by atomic mass is 10.1. The number of rotatable bonds is 2. The van der Waals surface area contributed by atoms with Crippen molar-refractivity contribution in [1.82, 2.24) is 4.98 Å². The number of aromatic nitrogens is 1. The molecular weight excluding hydrogens is 222 g/mol. The summed E-state index contributed by atoms with van der Waals surface area (Å²) in [5.41, 5.74) is 9.59. The number of fused-ring (bicyclic) bond motifs is 1. The third kappa shape index (κ3) is 1.87. The molecular formula is C15H17N3. The van der Waals surface area contributed by atoms with Crippen LogP contribution >= 0.6 is 0 Å². The van der Waals surface area contributed by atoms with Gasteiger partial charge in [0.05, 0.1) is 0 Å². The second kappa shape index (κ2) is 4.42. The van der Waals surface area contributed by atoms with Gasteiger partial charge in [-0.2, -0.15) is 0 Å². The molecule has 0 saturated heterocycles. The molecule has 0 unspecified atom stereocenters. The lowest BCUT2D eigenvalue weighted by Crippen LogP contribution is -2.15. The Morgan fingerprint density at radius 3 is 2.78 bits per heavy atom. The molecule has 2 heterocycles. The summed E-state index contributed by atoms with van der Waals surface area (Å²) in [6.07, 6.45) is 2.97. The number of nitrogens with zero attached hydrogens (tertiary/aromatic N) is 2. The van der Waals surface area contributed by atoms with Crippen LogP contribution in [0.25, 0.3) is 0 Å². The second-order valence-electron chi connectivity index (χ2n) is 4.77. The van der Waals surface area contributed by atoms with E-state index < -0.39 is 0 Å². The zero-order valence-corrected chi connectivity index (χ0v) is 10.5. The van der Waals surface area contributed by atoms with Crippen LogP contribution in [0.2, 0.25) is 0 Å². The summed E-state index contributed by atoms with van der Waals surface area (Å²) >= 11 is 0. The van der Waals surface area contributed by atoms with Gasteiger partial charge in [-0.1, -0.05) is 24.3 Å². The quantitative estimate of drug-likeness (QED) is 0.876. The fourth-order valence-corrected chi connectivity index (χ4v) is 2.40. The van der Waals surface area contributed by atoms with E-state index in [-0.39, 0.29) is 6.04 Å². The van der Waals surface area contributed by atoms with Crippen LogP contribution in [0, 0.1) is 0 Å². The van der Waals surface area contributed by atoms with Crippen LogP contribution in [0.5, 0.6) is 0 Å². The highest BCUT2D eigenvalue weighted by Crippen LogP contribution is 2.33. The molecule has 1 aliphatic heterocycles. The Balaban J connectivity index is 1.93. The van der Waals surface area contributed by atoms with Crippen molar-refractivity contribution in [3.63, 3.8) is 0 Å². The van der Waals surface area contributed by atoms with Crippen LogP contribution in [-0.2, 0) is 6.42 Å². The van der Waals surface area contributed by atoms with Gasteiger partial charge in [0.25, 0.3) is 0 Å². The lowest BCUT2D eigenvalue weighted by molar-refractivity contribution is 0.810. The third-order valence-corrected chi connectivity index (χ3v) is 3.46. The van der Waals surface area contributed by atoms with Crippen LogP contribution in [-0.4, -0.2) is 11.5 Å². The minimum absolute atomic E-state index is 0.0393. The molecule has 1 atom stereocenters. The maximum absolute atomic E-state index is 5.84. The molecule has 2 aromatic rings. The summed E-state index contributed by atoms with van der Waals surface area (Å²) in [6, 6.07) is 12.7. The first-order valence-electron chi connectivity index (χ1n) is 6.32. The van der Waals surface area contributed by atoms with Crippen molar-refractivity contribution in [2.24, 2.45) is 5.73 Å². The molecule has 0 spiro atoms. The lowest BCUT2D eigenvalue weighted by Gasteiger charge is -2.18. The normalized spacial score (nSPS) is 15.6. The maximum Gasteiger partial charge on any atom is 0.132 e. The highest BCUT2D eigenvalue weighted by Gasteiger charge is 2.20. The van der Waals surface area contributed by atoms with Gasteiger partial charge < -0.3 is 10.6 Å². The molecule has 1 aromatic carbocycles. The summed E-state index contributed by atoms with van der Waals surface area (Å²) in [5, 5.41) is 0. The minimum atomic E-state index is 0.0393. The summed E-state index contributed by atoms with van der Waals surface area (Å²) in [6.45, 7) is 2.98. The summed E-state index contributed by atoms with van der Waals surface area (Å²) in [7, 11) is 0. The van der Waals surface area contributed by atoms with Gasteiger partial charge in [0.15, 0.2) is 0 Å². The number of para-hydroxylation sites is 1. The predicted octanol–water partition coefficient (Wildman–Crippen LogP) is 2.80. The molecule has 0 aliphatic carbocycles. The zero-order valence-electron chi connectivity index (χ0n) is 10.5. The Morgan fingerprint density at radius 1 is 1.22 bits per heavy atom. The van der Waals surface area contributed by atoms with Crippen molar-refractivity contribution < 1.29 is 0 Å². The van der Waals surface area contributed by atoms with Gasteiger partial charge >= 0.3 is 0 Å². The van der Waals surface area contributed by atoms with Crippen LogP contribution in [0.3, 0.4) is 0 Å². The van der Waals surface area contributed by atoms with Crippen LogP contribution in [0.1, 0.15) is 24.1 Å². The number of benzene rings is 1. The van der Waals surface area contributed by atoms with Crippen molar-refractivity contribution in [2.45, 2.75) is 19.4 Å². The van der Waals surface area contributed by atoms with Gasteiger partial charge in [-0.3, -0.25) is 0 Å². The van der Waals surface area contributed by atoms with Crippen LogP contribution in [0.15, 0.2) is 42.6 Å². The molecule has 0 bridgehead atoms. The van der Waals surface area contributed by atoms with Gasteiger partial charge in [0, 0.05) is 24.5 Å². The summed E-state index contributed by atoms with van der Waals surface area (Å²) in [5.74, 6) is 1.00. The van der Waals surface area contributed by atoms with E-state index in [2.05, 4.69) is 46.3 Å². The van der Waals surface area contributed by atoms with E-state index in [9.17, 15) is 0 Å². The standard InChI is InChI=1S/C15H17N3/c1-11(16)13-6-7-15(17-10-13)18-9-8-12-4-2-3-5-14(12)18/h2-7,10-11H,8-9,16H2,1H3/t11-/m0/s1. The number of nitrogens with two attached hydrogens (primary N) is 1. The van der Waals surface area contributed by atoms with E-state index in [1.54, 1.807) is 0 Å². The average molecular weight is 239 g/mol. The van der Waals surface area contributed by atoms with Crippen LogP contribution in [0.4, 0.5) is 11.5 Å². The average Bonchev–Trinajstić information content (AvgIpc) is 2.82. The predicted molar refractivity (Wildman–Crippen MR) is 74.0 cm³/mol. The topological polar surface area (TPSA) is 42.1 Å². The first kappa shape index (κ1) is 11.2.